The van der Waals surface area contributed by atoms with Gasteiger partial charge >= 0.3 is 41.8 Å². The number of terminal acetylenes is 4. The fraction of sp³-hybridized carbons (Fsp3) is 0.327. The van der Waals surface area contributed by atoms with Crippen molar-refractivity contribution in [2.45, 2.75) is 87.7 Å². The van der Waals surface area contributed by atoms with Crippen LogP contribution >= 0.6 is 0 Å². The minimum absolute atomic E-state index is 0.0926. The van der Waals surface area contributed by atoms with Crippen LogP contribution in [0.5, 0.6) is 5.75 Å². The van der Waals surface area contributed by atoms with Crippen molar-refractivity contribution in [2.75, 3.05) is 13.2 Å². The van der Waals surface area contributed by atoms with Crippen molar-refractivity contribution in [3.63, 3.8) is 0 Å². The summed E-state index contributed by atoms with van der Waals surface area (Å²) in [5.74, 6) is 2.60. The van der Waals surface area contributed by atoms with Gasteiger partial charge in [-0.2, -0.15) is 0 Å². The number of carbonyl (C=O) groups is 7. The Morgan fingerprint density at radius 2 is 0.937 bits per heavy atom. The van der Waals surface area contributed by atoms with Gasteiger partial charge in [0.05, 0.1) is 6.54 Å². The van der Waals surface area contributed by atoms with Gasteiger partial charge in [0.15, 0.2) is 0 Å². The number of aliphatic carboxylic acids is 7. The minimum atomic E-state index is -1.16. The first-order chi connectivity index (χ1) is 37.1. The molecule has 30 nitrogen and oxygen atoms in total. The third kappa shape index (κ3) is 42.7. The number of azide groups is 3. The Labute approximate surface area is 452 Å². The van der Waals surface area contributed by atoms with Crippen molar-refractivity contribution in [3.8, 4) is 55.1 Å². The second-order valence-electron chi connectivity index (χ2n) is 14.9. The molecule has 0 saturated heterocycles. The van der Waals surface area contributed by atoms with Gasteiger partial charge in [-0.3, -0.25) is 33.6 Å². The maximum Gasteiger partial charge on any atom is 0.321 e. The number of nitrogens with zero attached hydrogens (tertiary/aromatic N) is 9. The number of ether oxygens (including phenoxy) is 1. The van der Waals surface area contributed by atoms with Gasteiger partial charge in [0, 0.05) is 38.8 Å². The summed E-state index contributed by atoms with van der Waals surface area (Å²) in [5.41, 5.74) is 58.5. The Kier molecular flexibility index (Phi) is 44.0. The predicted molar refractivity (Wildman–Crippen MR) is 287 cm³/mol. The molecule has 0 heterocycles. The van der Waals surface area contributed by atoms with Crippen molar-refractivity contribution in [3.05, 3.63) is 126 Å². The van der Waals surface area contributed by atoms with E-state index in [4.69, 9.17) is 117 Å². The molecule has 3 aromatic carbocycles. The lowest BCUT2D eigenvalue weighted by Crippen LogP contribution is -2.32. The monoisotopic (exact) mass is 1100 g/mol. The van der Waals surface area contributed by atoms with E-state index in [2.05, 4.69) is 53.8 Å². The largest absolute Gasteiger partial charge is 0.481 e. The summed E-state index contributed by atoms with van der Waals surface area (Å²) in [6, 6.07) is 14.4. The Morgan fingerprint density at radius 1 is 0.532 bits per heavy atom. The minimum Gasteiger partial charge on any atom is -0.481 e. The second kappa shape index (κ2) is 46.2. The molecule has 7 atom stereocenters. The summed E-state index contributed by atoms with van der Waals surface area (Å²) in [4.78, 5) is 78.4. The summed E-state index contributed by atoms with van der Waals surface area (Å²) in [6.45, 7) is 1.32. The van der Waals surface area contributed by atoms with Gasteiger partial charge in [-0.15, -0.1) is 37.5 Å². The van der Waals surface area contributed by atoms with Crippen molar-refractivity contribution < 1.29 is 74.0 Å². The van der Waals surface area contributed by atoms with Crippen LogP contribution in [0.25, 0.3) is 31.3 Å². The summed E-state index contributed by atoms with van der Waals surface area (Å²) in [5, 5.41) is 67.5. The van der Waals surface area contributed by atoms with Crippen LogP contribution in [-0.2, 0) is 52.8 Å². The first-order valence-electron chi connectivity index (χ1n) is 22.0. The van der Waals surface area contributed by atoms with Crippen molar-refractivity contribution in [2.24, 2.45) is 49.7 Å². The van der Waals surface area contributed by atoms with Gasteiger partial charge in [-0.05, 0) is 90.2 Å². The van der Waals surface area contributed by atoms with E-state index in [1.54, 1.807) is 72.8 Å². The molecule has 0 aliphatic heterocycles. The number of carboxylic acids is 7. The highest BCUT2D eigenvalue weighted by atomic mass is 16.5. The highest BCUT2D eigenvalue weighted by Crippen LogP contribution is 2.15. The van der Waals surface area contributed by atoms with Crippen LogP contribution in [-0.4, -0.2) is 133 Å². The zero-order valence-corrected chi connectivity index (χ0v) is 42.3. The number of rotatable bonds is 22. The molecule has 0 aliphatic rings. The normalized spacial score (nSPS) is 11.7. The standard InChI is InChI=1S/C12H13NO3.C11H11NO2.C9H10N4O2.C6H9NO2.C5H7NO2.C3H6N4O2.C3H5N3O2/c1-2-7-16-10-5-3-9(4-6-10)8-11(13)12(14)15;1-2-8-3-5-9(6-4-8)7-10(12)11(13)14;10-8(9(14)15)5-6-1-3-7(4-2-6)12-13-11;1-2-3-4-5(7)6(8)9;1-2-3-4(6)5(7)8;4-2(3(8)9)1-6-7-5;1-2(3(7)8)5-6-4/h1,3-6,11H,7-8,13H2,(H,14,15);1,3-6,10H,7,12H2,(H,13,14);1-4,8H,5,10H2,(H,14,15);1,5H,3-4,7H2,(H,8,9);1,4H,3,6H2,(H,7,8);2H,1,4H2,(H,8,9);2H,1H3,(H,7,8)/t11-;10-;8-;5-;4-;2*2-/m0000000/s1. The van der Waals surface area contributed by atoms with E-state index in [1.165, 1.54) is 6.92 Å². The van der Waals surface area contributed by atoms with Gasteiger partial charge in [0.2, 0.25) is 0 Å². The molecular weight excluding hydrogens is 1040 g/mol. The van der Waals surface area contributed by atoms with E-state index >= 15 is 0 Å². The number of hydrogen-bond acceptors (Lipinski definition) is 17. The SMILES string of the molecule is C#CCC[C@H](N)C(=O)O.C#CCOc1ccc(C[C@H](N)C(=O)O)cc1.C#CC[C@H](N)C(=O)O.C#Cc1ccc(C[C@H](N)C(=O)O)cc1.C[C@H](N=[N+]=[N-])C(=O)O.[N-]=[N+]=NC[C@H](N)C(=O)O.[N-]=[N+]=Nc1ccc(C[C@H](N)C(=O)O)cc1. The number of carboxylic acid groups (broad SMARTS) is 7. The van der Waals surface area contributed by atoms with Gasteiger partial charge in [-0.1, -0.05) is 75.7 Å². The molecule has 0 bridgehead atoms. The predicted octanol–water partition coefficient (Wildman–Crippen LogP) is 2.57. The maximum absolute atomic E-state index is 10.5. The van der Waals surface area contributed by atoms with Crippen molar-refractivity contribution in [1.82, 2.24) is 0 Å². The van der Waals surface area contributed by atoms with E-state index in [0.29, 0.717) is 37.1 Å². The summed E-state index contributed by atoms with van der Waals surface area (Å²) < 4.78 is 5.18. The zero-order valence-electron chi connectivity index (χ0n) is 42.3. The molecule has 0 unspecified atom stereocenters. The fourth-order valence-corrected chi connectivity index (χ4v) is 4.26. The Morgan fingerprint density at radius 3 is 1.23 bits per heavy atom. The Hall–Kier alpha value is -10.3. The first-order valence-corrected chi connectivity index (χ1v) is 22.0. The maximum atomic E-state index is 10.5. The fourth-order valence-electron chi connectivity index (χ4n) is 4.26. The third-order valence-electron chi connectivity index (χ3n) is 8.59. The second-order valence-corrected chi connectivity index (χ2v) is 14.9. The summed E-state index contributed by atoms with van der Waals surface area (Å²) in [7, 11) is 0. The van der Waals surface area contributed by atoms with E-state index < -0.39 is 84.1 Å². The molecular formula is C49H61N15O15. The van der Waals surface area contributed by atoms with Gasteiger partial charge in [-0.25, -0.2) is 0 Å². The summed E-state index contributed by atoms with van der Waals surface area (Å²) in [6.07, 6.45) is 21.6. The molecule has 79 heavy (non-hydrogen) atoms. The molecule has 19 N–H and O–H groups in total. The van der Waals surface area contributed by atoms with Crippen molar-refractivity contribution in [1.29, 1.82) is 0 Å². The Balaban J connectivity index is -0.000000424. The molecule has 30 heteroatoms. The third-order valence-corrected chi connectivity index (χ3v) is 8.59. The summed E-state index contributed by atoms with van der Waals surface area (Å²) >= 11 is 0. The average Bonchev–Trinajstić information content (AvgIpc) is 3.41. The van der Waals surface area contributed by atoms with Gasteiger partial charge in [0.25, 0.3) is 0 Å². The molecule has 0 aromatic heterocycles. The quantitative estimate of drug-likeness (QED) is 0.0297. The van der Waals surface area contributed by atoms with Gasteiger partial charge < -0.3 is 74.9 Å². The van der Waals surface area contributed by atoms with E-state index in [9.17, 15) is 33.6 Å². The lowest BCUT2D eigenvalue weighted by molar-refractivity contribution is -0.139. The van der Waals surface area contributed by atoms with Crippen LogP contribution < -0.4 is 39.1 Å². The lowest BCUT2D eigenvalue weighted by Gasteiger charge is -2.07. The average molecular weight is 1100 g/mol. The molecule has 0 fully saturated rings. The smallest absolute Gasteiger partial charge is 0.321 e. The number of hydrogen-bond donors (Lipinski definition) is 13. The Bertz CT molecular complexity index is 2700. The lowest BCUT2D eigenvalue weighted by atomic mass is 10.1. The molecule has 0 radical (unpaired) electrons. The van der Waals surface area contributed by atoms with Crippen LogP contribution in [0.4, 0.5) is 5.69 Å². The number of nitrogens with two attached hydrogens (primary N) is 6. The van der Waals surface area contributed by atoms with E-state index in [1.807, 2.05) is 0 Å². The van der Waals surface area contributed by atoms with Crippen LogP contribution in [0.1, 0.15) is 48.4 Å². The van der Waals surface area contributed by atoms with E-state index in [0.717, 1.165) is 22.3 Å². The molecule has 0 saturated carbocycles. The van der Waals surface area contributed by atoms with Crippen LogP contribution in [0, 0.1) is 49.4 Å². The number of benzene rings is 3. The molecule has 3 rings (SSSR count). The zero-order chi connectivity index (χ0) is 61.5. The van der Waals surface area contributed by atoms with Gasteiger partial charge in [0.1, 0.15) is 54.6 Å². The van der Waals surface area contributed by atoms with Crippen LogP contribution in [0.2, 0.25) is 0 Å². The molecule has 0 amide bonds. The molecule has 3 aromatic rings. The highest BCUT2D eigenvalue weighted by molar-refractivity contribution is 5.75. The van der Waals surface area contributed by atoms with Crippen molar-refractivity contribution >= 4 is 47.5 Å². The first kappa shape index (κ1) is 75.2. The molecule has 422 valence electrons. The molecule has 0 aliphatic carbocycles. The van der Waals surface area contributed by atoms with Crippen LogP contribution in [0.15, 0.2) is 88.1 Å². The van der Waals surface area contributed by atoms with Crippen LogP contribution in [0.3, 0.4) is 0 Å². The topological polar surface area (TPSA) is 573 Å². The van der Waals surface area contributed by atoms with E-state index in [-0.39, 0.29) is 26.0 Å². The highest BCUT2D eigenvalue weighted by Gasteiger charge is 2.14. The molecule has 0 spiro atoms.